The molecule has 1 amide bonds. The Morgan fingerprint density at radius 1 is 1.32 bits per heavy atom. The second-order valence-electron chi connectivity index (χ2n) is 4.48. The molecule has 6 heteroatoms. The van der Waals surface area contributed by atoms with Crippen molar-refractivity contribution in [3.63, 3.8) is 0 Å². The highest BCUT2D eigenvalue weighted by Gasteiger charge is 2.30. The SMILES string of the molecule is O=C1COCC(CCO)N1c1ccc2c(c1)OCO2. The van der Waals surface area contributed by atoms with Crippen molar-refractivity contribution in [1.29, 1.82) is 0 Å². The van der Waals surface area contributed by atoms with E-state index in [0.717, 1.165) is 5.69 Å². The van der Waals surface area contributed by atoms with Gasteiger partial charge in [0.2, 0.25) is 6.79 Å². The van der Waals surface area contributed by atoms with E-state index in [0.29, 0.717) is 24.5 Å². The summed E-state index contributed by atoms with van der Waals surface area (Å²) in [5.41, 5.74) is 0.746. The highest BCUT2D eigenvalue weighted by Crippen LogP contribution is 2.36. The van der Waals surface area contributed by atoms with Gasteiger partial charge in [-0.1, -0.05) is 0 Å². The summed E-state index contributed by atoms with van der Waals surface area (Å²) >= 11 is 0. The number of hydrogen-bond acceptors (Lipinski definition) is 5. The molecule has 1 saturated heterocycles. The predicted molar refractivity (Wildman–Crippen MR) is 66.4 cm³/mol. The zero-order valence-corrected chi connectivity index (χ0v) is 10.4. The van der Waals surface area contributed by atoms with Crippen LogP contribution in [0.1, 0.15) is 6.42 Å². The average molecular weight is 265 g/mol. The third-order valence-electron chi connectivity index (χ3n) is 3.27. The van der Waals surface area contributed by atoms with Crippen LogP contribution in [0.25, 0.3) is 0 Å². The first-order valence-corrected chi connectivity index (χ1v) is 6.20. The summed E-state index contributed by atoms with van der Waals surface area (Å²) in [6, 6.07) is 5.25. The van der Waals surface area contributed by atoms with Gasteiger partial charge in [0.25, 0.3) is 5.91 Å². The lowest BCUT2D eigenvalue weighted by molar-refractivity contribution is -0.127. The summed E-state index contributed by atoms with van der Waals surface area (Å²) in [6.45, 7) is 0.718. The number of ether oxygens (including phenoxy) is 3. The van der Waals surface area contributed by atoms with E-state index in [4.69, 9.17) is 19.3 Å². The number of anilines is 1. The Kier molecular flexibility index (Phi) is 3.27. The van der Waals surface area contributed by atoms with E-state index in [2.05, 4.69) is 0 Å². The number of amides is 1. The number of aliphatic hydroxyl groups excluding tert-OH is 1. The molecule has 2 aliphatic rings. The van der Waals surface area contributed by atoms with Crippen LogP contribution in [0.5, 0.6) is 11.5 Å². The first-order chi connectivity index (χ1) is 9.29. The smallest absolute Gasteiger partial charge is 0.253 e. The van der Waals surface area contributed by atoms with E-state index >= 15 is 0 Å². The number of carbonyl (C=O) groups excluding carboxylic acids is 1. The van der Waals surface area contributed by atoms with Crippen LogP contribution in [0, 0.1) is 0 Å². The number of benzene rings is 1. The van der Waals surface area contributed by atoms with Gasteiger partial charge in [0.05, 0.1) is 12.6 Å². The van der Waals surface area contributed by atoms with Crippen molar-refractivity contribution in [2.24, 2.45) is 0 Å². The minimum atomic E-state index is -0.147. The number of nitrogens with zero attached hydrogens (tertiary/aromatic N) is 1. The molecule has 2 heterocycles. The lowest BCUT2D eigenvalue weighted by Gasteiger charge is -2.35. The summed E-state index contributed by atoms with van der Waals surface area (Å²) in [6.07, 6.45) is 0.486. The summed E-state index contributed by atoms with van der Waals surface area (Å²) in [5.74, 6) is 1.21. The van der Waals surface area contributed by atoms with Crippen LogP contribution in [0.15, 0.2) is 18.2 Å². The van der Waals surface area contributed by atoms with Gasteiger partial charge in [-0.25, -0.2) is 0 Å². The van der Waals surface area contributed by atoms with Crippen molar-refractivity contribution in [2.45, 2.75) is 12.5 Å². The zero-order valence-electron chi connectivity index (χ0n) is 10.4. The molecular formula is C13H15NO5. The minimum Gasteiger partial charge on any atom is -0.454 e. The van der Waals surface area contributed by atoms with Gasteiger partial charge < -0.3 is 24.2 Å². The van der Waals surface area contributed by atoms with Crippen LogP contribution in [-0.2, 0) is 9.53 Å². The molecule has 3 rings (SSSR count). The molecular weight excluding hydrogens is 250 g/mol. The van der Waals surface area contributed by atoms with Gasteiger partial charge in [-0.05, 0) is 18.6 Å². The number of rotatable bonds is 3. The molecule has 0 radical (unpaired) electrons. The third kappa shape index (κ3) is 2.24. The second-order valence-corrected chi connectivity index (χ2v) is 4.48. The van der Waals surface area contributed by atoms with Crippen LogP contribution < -0.4 is 14.4 Å². The fourth-order valence-electron chi connectivity index (χ4n) is 2.38. The molecule has 102 valence electrons. The van der Waals surface area contributed by atoms with E-state index in [9.17, 15) is 4.79 Å². The largest absolute Gasteiger partial charge is 0.454 e. The second kappa shape index (κ2) is 5.07. The van der Waals surface area contributed by atoms with Gasteiger partial charge in [-0.3, -0.25) is 4.79 Å². The summed E-state index contributed by atoms with van der Waals surface area (Å²) in [5, 5.41) is 9.09. The number of aliphatic hydroxyl groups is 1. The monoisotopic (exact) mass is 265 g/mol. The molecule has 0 bridgehead atoms. The first-order valence-electron chi connectivity index (χ1n) is 6.20. The molecule has 6 nitrogen and oxygen atoms in total. The van der Waals surface area contributed by atoms with Crippen molar-refractivity contribution in [2.75, 3.05) is 31.5 Å². The minimum absolute atomic E-state index is 0.0162. The molecule has 1 aromatic rings. The van der Waals surface area contributed by atoms with Gasteiger partial charge >= 0.3 is 0 Å². The molecule has 2 aliphatic heterocycles. The topological polar surface area (TPSA) is 68.2 Å². The maximum absolute atomic E-state index is 12.0. The van der Waals surface area contributed by atoms with Crippen LogP contribution in [0.4, 0.5) is 5.69 Å². The molecule has 1 aromatic carbocycles. The standard InChI is InChI=1S/C13H15NO5/c15-4-3-10-6-17-7-13(16)14(10)9-1-2-11-12(5-9)19-8-18-11/h1-2,5,10,15H,3-4,6-8H2. The Labute approximate surface area is 110 Å². The molecule has 0 aromatic heterocycles. The Hall–Kier alpha value is -1.79. The van der Waals surface area contributed by atoms with Crippen molar-refractivity contribution < 1.29 is 24.1 Å². The first kappa shape index (κ1) is 12.3. The van der Waals surface area contributed by atoms with E-state index in [1.165, 1.54) is 0 Å². The van der Waals surface area contributed by atoms with Gasteiger partial charge in [0.15, 0.2) is 11.5 Å². The Bertz CT molecular complexity index is 488. The Morgan fingerprint density at radius 3 is 3.00 bits per heavy atom. The lowest BCUT2D eigenvalue weighted by atomic mass is 10.1. The molecule has 0 saturated carbocycles. The molecule has 1 fully saturated rings. The fourth-order valence-corrected chi connectivity index (χ4v) is 2.38. The number of fused-ring (bicyclic) bond motifs is 1. The maximum Gasteiger partial charge on any atom is 0.253 e. The number of morpholine rings is 1. The summed E-state index contributed by atoms with van der Waals surface area (Å²) < 4.78 is 15.8. The molecule has 1 atom stereocenters. The van der Waals surface area contributed by atoms with E-state index in [1.54, 1.807) is 17.0 Å². The zero-order chi connectivity index (χ0) is 13.2. The van der Waals surface area contributed by atoms with Crippen LogP contribution >= 0.6 is 0 Å². The van der Waals surface area contributed by atoms with Crippen molar-refractivity contribution in [1.82, 2.24) is 0 Å². The third-order valence-corrected chi connectivity index (χ3v) is 3.27. The predicted octanol–water partition coefficient (Wildman–Crippen LogP) is 0.530. The number of carbonyl (C=O) groups is 1. The van der Waals surface area contributed by atoms with Gasteiger partial charge in [0.1, 0.15) is 6.61 Å². The summed E-state index contributed by atoms with van der Waals surface area (Å²) in [7, 11) is 0. The van der Waals surface area contributed by atoms with Gasteiger partial charge in [0, 0.05) is 18.4 Å². The van der Waals surface area contributed by atoms with Crippen LogP contribution in [0.3, 0.4) is 0 Å². The molecule has 1 unspecified atom stereocenters. The highest BCUT2D eigenvalue weighted by atomic mass is 16.7. The lowest BCUT2D eigenvalue weighted by Crippen LogP contribution is -2.50. The normalized spacial score (nSPS) is 21.8. The van der Waals surface area contributed by atoms with Gasteiger partial charge in [-0.15, -0.1) is 0 Å². The van der Waals surface area contributed by atoms with E-state index in [1.807, 2.05) is 6.07 Å². The Morgan fingerprint density at radius 2 is 2.16 bits per heavy atom. The van der Waals surface area contributed by atoms with E-state index < -0.39 is 0 Å². The van der Waals surface area contributed by atoms with Crippen LogP contribution in [0.2, 0.25) is 0 Å². The highest BCUT2D eigenvalue weighted by molar-refractivity contribution is 5.95. The molecule has 19 heavy (non-hydrogen) atoms. The summed E-state index contributed by atoms with van der Waals surface area (Å²) in [4.78, 5) is 13.7. The Balaban J connectivity index is 1.90. The molecule has 0 aliphatic carbocycles. The van der Waals surface area contributed by atoms with Gasteiger partial charge in [-0.2, -0.15) is 0 Å². The van der Waals surface area contributed by atoms with Crippen LogP contribution in [-0.4, -0.2) is 43.7 Å². The van der Waals surface area contributed by atoms with Crippen molar-refractivity contribution >= 4 is 11.6 Å². The number of hydrogen-bond donors (Lipinski definition) is 1. The average Bonchev–Trinajstić information content (AvgIpc) is 2.86. The fraction of sp³-hybridized carbons (Fsp3) is 0.462. The van der Waals surface area contributed by atoms with Crippen molar-refractivity contribution in [3.05, 3.63) is 18.2 Å². The quantitative estimate of drug-likeness (QED) is 0.863. The molecule has 0 spiro atoms. The van der Waals surface area contributed by atoms with Crippen molar-refractivity contribution in [3.8, 4) is 11.5 Å². The van der Waals surface area contributed by atoms with E-state index in [-0.39, 0.29) is 32.0 Å². The molecule has 1 N–H and O–H groups in total. The maximum atomic E-state index is 12.0.